The van der Waals surface area contributed by atoms with Crippen LogP contribution in [-0.2, 0) is 14.3 Å². The van der Waals surface area contributed by atoms with Crippen molar-refractivity contribution >= 4 is 17.4 Å². The second-order valence-corrected chi connectivity index (χ2v) is 6.69. The van der Waals surface area contributed by atoms with E-state index in [-0.39, 0.29) is 11.8 Å². The predicted molar refractivity (Wildman–Crippen MR) is 100 cm³/mol. The van der Waals surface area contributed by atoms with Gasteiger partial charge in [0.2, 0.25) is 0 Å². The molecule has 26 heavy (non-hydrogen) atoms. The highest BCUT2D eigenvalue weighted by molar-refractivity contribution is 6.35. The molecule has 6 heteroatoms. The first-order chi connectivity index (χ1) is 12.6. The molecule has 0 spiro atoms. The Kier molecular flexibility index (Phi) is 6.06. The molecule has 0 aromatic heterocycles. The Hall–Kier alpha value is -2.18. The maximum absolute atomic E-state index is 13.1. The summed E-state index contributed by atoms with van der Waals surface area (Å²) in [5.41, 5.74) is 1.91. The van der Waals surface area contributed by atoms with E-state index in [2.05, 4.69) is 16.8 Å². The van der Waals surface area contributed by atoms with E-state index >= 15 is 0 Å². The summed E-state index contributed by atoms with van der Waals surface area (Å²) in [6.07, 6.45) is 0.656. The first kappa shape index (κ1) is 18.6. The Morgan fingerprint density at radius 3 is 2.35 bits per heavy atom. The number of amides is 2. The van der Waals surface area contributed by atoms with Crippen molar-refractivity contribution < 1.29 is 14.3 Å². The number of hydrogen-bond donors (Lipinski definition) is 0. The molecule has 140 valence electrons. The smallest absolute Gasteiger partial charge is 0.277 e. The summed E-state index contributed by atoms with van der Waals surface area (Å²) in [4.78, 5) is 31.9. The third-order valence-electron chi connectivity index (χ3n) is 4.90. The molecule has 0 unspecified atom stereocenters. The third kappa shape index (κ3) is 3.81. The van der Waals surface area contributed by atoms with Crippen LogP contribution in [0, 0.1) is 0 Å². The van der Waals surface area contributed by atoms with E-state index in [4.69, 9.17) is 4.74 Å². The van der Waals surface area contributed by atoms with E-state index < -0.39 is 0 Å². The summed E-state index contributed by atoms with van der Waals surface area (Å²) < 4.78 is 5.35. The molecule has 2 heterocycles. The lowest BCUT2D eigenvalue weighted by atomic mass is 10.0. The van der Waals surface area contributed by atoms with Crippen LogP contribution < -0.4 is 0 Å². The number of nitrogens with zero attached hydrogens (tertiary/aromatic N) is 3. The first-order valence-corrected chi connectivity index (χ1v) is 9.30. The molecule has 2 aliphatic rings. The zero-order chi connectivity index (χ0) is 18.5. The molecule has 0 radical (unpaired) electrons. The van der Waals surface area contributed by atoms with Gasteiger partial charge in [-0.2, -0.15) is 0 Å². The number of imide groups is 1. The van der Waals surface area contributed by atoms with Gasteiger partial charge in [-0.05, 0) is 26.0 Å². The highest BCUT2D eigenvalue weighted by Crippen LogP contribution is 2.32. The van der Waals surface area contributed by atoms with E-state index in [1.165, 1.54) is 4.90 Å². The topological polar surface area (TPSA) is 53.1 Å². The average Bonchev–Trinajstić information content (AvgIpc) is 2.91. The van der Waals surface area contributed by atoms with Crippen LogP contribution in [0.1, 0.15) is 18.9 Å². The lowest BCUT2D eigenvalue weighted by Crippen LogP contribution is -2.46. The molecule has 0 atom stereocenters. The zero-order valence-electron chi connectivity index (χ0n) is 15.6. The van der Waals surface area contributed by atoms with Gasteiger partial charge < -0.3 is 14.5 Å². The quantitative estimate of drug-likeness (QED) is 0.546. The lowest BCUT2D eigenvalue weighted by molar-refractivity contribution is -0.137. The van der Waals surface area contributed by atoms with Crippen LogP contribution in [0.3, 0.4) is 0 Å². The van der Waals surface area contributed by atoms with Gasteiger partial charge in [0.1, 0.15) is 5.70 Å². The fraction of sp³-hybridized carbons (Fsp3) is 0.500. The lowest BCUT2D eigenvalue weighted by Gasteiger charge is -2.34. The fourth-order valence-electron chi connectivity index (χ4n) is 3.42. The SMILES string of the molecule is CCOCCCN1C(=O)C(c2ccccc2)=C(N2CCN(C)CC2)C1=O. The van der Waals surface area contributed by atoms with Gasteiger partial charge in [0.15, 0.2) is 0 Å². The Morgan fingerprint density at radius 1 is 1.00 bits per heavy atom. The van der Waals surface area contributed by atoms with Gasteiger partial charge in [-0.15, -0.1) is 0 Å². The molecule has 0 bridgehead atoms. The highest BCUT2D eigenvalue weighted by atomic mass is 16.5. The van der Waals surface area contributed by atoms with E-state index in [1.54, 1.807) is 0 Å². The molecule has 1 fully saturated rings. The summed E-state index contributed by atoms with van der Waals surface area (Å²) in [6, 6.07) is 9.53. The van der Waals surface area contributed by atoms with Crippen LogP contribution in [0.25, 0.3) is 5.57 Å². The van der Waals surface area contributed by atoms with Crippen LogP contribution in [0.2, 0.25) is 0 Å². The average molecular weight is 357 g/mol. The molecule has 1 aromatic carbocycles. The minimum absolute atomic E-state index is 0.171. The first-order valence-electron chi connectivity index (χ1n) is 9.30. The van der Waals surface area contributed by atoms with Gasteiger partial charge in [-0.1, -0.05) is 30.3 Å². The monoisotopic (exact) mass is 357 g/mol. The predicted octanol–water partition coefficient (Wildman–Crippen LogP) is 1.44. The van der Waals surface area contributed by atoms with Gasteiger partial charge >= 0.3 is 0 Å². The molecular weight excluding hydrogens is 330 g/mol. The Morgan fingerprint density at radius 2 is 1.69 bits per heavy atom. The third-order valence-corrected chi connectivity index (χ3v) is 4.90. The minimum Gasteiger partial charge on any atom is -0.382 e. The second kappa shape index (κ2) is 8.47. The molecule has 1 saturated heterocycles. The van der Waals surface area contributed by atoms with Crippen molar-refractivity contribution in [2.75, 3.05) is 53.0 Å². The Balaban J connectivity index is 1.87. The second-order valence-electron chi connectivity index (χ2n) is 6.69. The maximum Gasteiger partial charge on any atom is 0.277 e. The van der Waals surface area contributed by atoms with Crippen molar-refractivity contribution in [3.63, 3.8) is 0 Å². The van der Waals surface area contributed by atoms with Gasteiger partial charge in [0, 0.05) is 45.9 Å². The molecule has 6 nitrogen and oxygen atoms in total. The van der Waals surface area contributed by atoms with E-state index in [0.717, 1.165) is 31.7 Å². The van der Waals surface area contributed by atoms with Crippen molar-refractivity contribution in [1.82, 2.24) is 14.7 Å². The van der Waals surface area contributed by atoms with E-state index in [0.29, 0.717) is 37.4 Å². The van der Waals surface area contributed by atoms with E-state index in [9.17, 15) is 9.59 Å². The molecule has 2 aliphatic heterocycles. The number of carbonyl (C=O) groups is 2. The minimum atomic E-state index is -0.188. The number of rotatable bonds is 7. The summed E-state index contributed by atoms with van der Waals surface area (Å²) in [6.45, 7) is 6.81. The van der Waals surface area contributed by atoms with Gasteiger partial charge in [0.25, 0.3) is 11.8 Å². The largest absolute Gasteiger partial charge is 0.382 e. The van der Waals surface area contributed by atoms with E-state index in [1.807, 2.05) is 37.3 Å². The fourth-order valence-corrected chi connectivity index (χ4v) is 3.42. The van der Waals surface area contributed by atoms with Crippen LogP contribution in [0.15, 0.2) is 36.0 Å². The van der Waals surface area contributed by atoms with Crippen LogP contribution >= 0.6 is 0 Å². The van der Waals surface area contributed by atoms with Gasteiger partial charge in [-0.25, -0.2) is 0 Å². The van der Waals surface area contributed by atoms with Crippen molar-refractivity contribution in [2.45, 2.75) is 13.3 Å². The Labute approximate surface area is 155 Å². The molecule has 0 saturated carbocycles. The van der Waals surface area contributed by atoms with Crippen molar-refractivity contribution in [2.24, 2.45) is 0 Å². The number of benzene rings is 1. The zero-order valence-corrected chi connectivity index (χ0v) is 15.6. The summed E-state index contributed by atoms with van der Waals surface area (Å²) in [5, 5.41) is 0. The van der Waals surface area contributed by atoms with Crippen molar-refractivity contribution in [3.05, 3.63) is 41.6 Å². The molecular formula is C20H27N3O3. The van der Waals surface area contributed by atoms with Crippen LogP contribution in [-0.4, -0.2) is 79.5 Å². The summed E-state index contributed by atoms with van der Waals surface area (Å²) >= 11 is 0. The number of likely N-dealkylation sites (N-methyl/N-ethyl adjacent to an activating group) is 1. The van der Waals surface area contributed by atoms with Crippen LogP contribution in [0.4, 0.5) is 0 Å². The number of carbonyl (C=O) groups excluding carboxylic acids is 2. The van der Waals surface area contributed by atoms with Gasteiger partial charge in [-0.3, -0.25) is 14.5 Å². The molecule has 2 amide bonds. The molecule has 3 rings (SSSR count). The number of piperazine rings is 1. The molecule has 0 aliphatic carbocycles. The highest BCUT2D eigenvalue weighted by Gasteiger charge is 2.41. The van der Waals surface area contributed by atoms with Gasteiger partial charge in [0.05, 0.1) is 5.57 Å². The van der Waals surface area contributed by atoms with Crippen molar-refractivity contribution in [3.8, 4) is 0 Å². The van der Waals surface area contributed by atoms with Crippen molar-refractivity contribution in [1.29, 1.82) is 0 Å². The normalized spacial score (nSPS) is 19.0. The number of ether oxygens (including phenoxy) is 1. The van der Waals surface area contributed by atoms with Crippen LogP contribution in [0.5, 0.6) is 0 Å². The standard InChI is InChI=1S/C20H27N3O3/c1-3-26-15-7-10-23-19(24)17(16-8-5-4-6-9-16)18(20(23)25)22-13-11-21(2)12-14-22/h4-6,8-9H,3,7,10-15H2,1-2H3. The number of hydrogen-bond acceptors (Lipinski definition) is 5. The summed E-state index contributed by atoms with van der Waals surface area (Å²) in [5.74, 6) is -0.360. The molecule has 0 N–H and O–H groups in total. The maximum atomic E-state index is 13.1. The molecule has 1 aromatic rings. The summed E-state index contributed by atoms with van der Waals surface area (Å²) in [7, 11) is 2.07. The Bertz CT molecular complexity index is 679.